The van der Waals surface area contributed by atoms with E-state index in [0.717, 1.165) is 48.3 Å². The van der Waals surface area contributed by atoms with Crippen LogP contribution in [0.4, 0.5) is 17.6 Å². The first-order valence-corrected chi connectivity index (χ1v) is 12.5. The van der Waals surface area contributed by atoms with Gasteiger partial charge in [0, 0.05) is 5.56 Å². The molecule has 0 heterocycles. The van der Waals surface area contributed by atoms with Gasteiger partial charge in [0.1, 0.15) is 5.82 Å². The number of unbranched alkanes of at least 4 members (excludes halogenated alkanes) is 2. The second kappa shape index (κ2) is 10.9. The number of hydrogen-bond acceptors (Lipinski definition) is 1. The number of fused-ring (bicyclic) bond motifs is 1. The Morgan fingerprint density at radius 2 is 1.67 bits per heavy atom. The molecule has 180 valence electrons. The standard InChI is InChI=1S/C28H34F4O/c1-2-3-4-5-18-6-7-20-15-21(9-8-19(20)14-18)22-10-12-24(25(29)16-22)23-11-13-27(26(30)17-23)33-28(31)32/h10-13,16-21,28H,2-9,14-15H2,1H3. The minimum Gasteiger partial charge on any atom is -0.432 e. The molecule has 0 saturated heterocycles. The number of rotatable bonds is 8. The van der Waals surface area contributed by atoms with E-state index >= 15 is 0 Å². The topological polar surface area (TPSA) is 9.23 Å². The Labute approximate surface area is 194 Å². The Balaban J connectivity index is 1.40. The van der Waals surface area contributed by atoms with Gasteiger partial charge in [-0.15, -0.1) is 0 Å². The van der Waals surface area contributed by atoms with Gasteiger partial charge in [0.15, 0.2) is 11.6 Å². The summed E-state index contributed by atoms with van der Waals surface area (Å²) in [5.41, 5.74) is 1.59. The Bertz CT molecular complexity index is 928. The van der Waals surface area contributed by atoms with E-state index < -0.39 is 24.0 Å². The van der Waals surface area contributed by atoms with Crippen LogP contribution in [0.5, 0.6) is 5.75 Å². The van der Waals surface area contributed by atoms with E-state index in [1.807, 2.05) is 6.07 Å². The fourth-order valence-electron chi connectivity index (χ4n) is 6.11. The predicted octanol–water partition coefficient (Wildman–Crippen LogP) is 9.11. The number of halogens is 4. The van der Waals surface area contributed by atoms with Crippen molar-refractivity contribution in [1.29, 1.82) is 0 Å². The Kier molecular flexibility index (Phi) is 7.98. The van der Waals surface area contributed by atoms with Gasteiger partial charge in [-0.3, -0.25) is 0 Å². The maximum absolute atomic E-state index is 15.0. The molecule has 33 heavy (non-hydrogen) atoms. The molecule has 2 aromatic carbocycles. The summed E-state index contributed by atoms with van der Waals surface area (Å²) in [6, 6.07) is 8.77. The smallest absolute Gasteiger partial charge is 0.387 e. The molecule has 0 bridgehead atoms. The van der Waals surface area contributed by atoms with Crippen molar-refractivity contribution < 1.29 is 22.3 Å². The first-order valence-electron chi connectivity index (χ1n) is 12.5. The summed E-state index contributed by atoms with van der Waals surface area (Å²) in [4.78, 5) is 0. The SMILES string of the molecule is CCCCCC1CCC2CC(c3ccc(-c4ccc(OC(F)F)c(F)c4)c(F)c3)CCC2C1. The molecule has 2 aliphatic carbocycles. The summed E-state index contributed by atoms with van der Waals surface area (Å²) in [5, 5.41) is 0. The number of ether oxygens (including phenoxy) is 1. The van der Waals surface area contributed by atoms with Crippen LogP contribution >= 0.6 is 0 Å². The molecule has 0 amide bonds. The highest BCUT2D eigenvalue weighted by atomic mass is 19.3. The van der Waals surface area contributed by atoms with Crippen LogP contribution in [0.25, 0.3) is 11.1 Å². The maximum Gasteiger partial charge on any atom is 0.387 e. The molecule has 4 atom stereocenters. The first-order chi connectivity index (χ1) is 15.9. The third-order valence-electron chi connectivity index (χ3n) is 7.86. The zero-order chi connectivity index (χ0) is 23.4. The van der Waals surface area contributed by atoms with Crippen LogP contribution in [0.2, 0.25) is 0 Å². The highest BCUT2D eigenvalue weighted by molar-refractivity contribution is 5.65. The van der Waals surface area contributed by atoms with Crippen molar-refractivity contribution in [3.8, 4) is 16.9 Å². The van der Waals surface area contributed by atoms with E-state index in [2.05, 4.69) is 11.7 Å². The van der Waals surface area contributed by atoms with Gasteiger partial charge in [-0.25, -0.2) is 8.78 Å². The Hall–Kier alpha value is -2.04. The Morgan fingerprint density at radius 1 is 0.879 bits per heavy atom. The quantitative estimate of drug-likeness (QED) is 0.281. The van der Waals surface area contributed by atoms with E-state index in [9.17, 15) is 17.6 Å². The van der Waals surface area contributed by atoms with Crippen molar-refractivity contribution in [1.82, 2.24) is 0 Å². The molecule has 4 rings (SSSR count). The second-order valence-electron chi connectivity index (χ2n) is 9.97. The minimum atomic E-state index is -3.10. The second-order valence-corrected chi connectivity index (χ2v) is 9.97. The lowest BCUT2D eigenvalue weighted by molar-refractivity contribution is -0.0521. The zero-order valence-electron chi connectivity index (χ0n) is 19.3. The lowest BCUT2D eigenvalue weighted by Gasteiger charge is -2.42. The van der Waals surface area contributed by atoms with Crippen LogP contribution in [-0.2, 0) is 0 Å². The molecule has 0 aromatic heterocycles. The highest BCUT2D eigenvalue weighted by Crippen LogP contribution is 2.48. The molecular formula is C28H34F4O. The first kappa shape index (κ1) is 24.1. The van der Waals surface area contributed by atoms with Crippen LogP contribution in [0, 0.1) is 29.4 Å². The van der Waals surface area contributed by atoms with Crippen LogP contribution in [0.15, 0.2) is 36.4 Å². The molecule has 0 aliphatic heterocycles. The van der Waals surface area contributed by atoms with Crippen LogP contribution in [-0.4, -0.2) is 6.61 Å². The largest absolute Gasteiger partial charge is 0.432 e. The molecule has 2 aliphatic rings. The third kappa shape index (κ3) is 5.91. The van der Waals surface area contributed by atoms with Gasteiger partial charge in [0.05, 0.1) is 0 Å². The summed E-state index contributed by atoms with van der Waals surface area (Å²) in [6.07, 6.45) is 12.8. The molecule has 0 spiro atoms. The fraction of sp³-hybridized carbons (Fsp3) is 0.571. The van der Waals surface area contributed by atoms with Crippen molar-refractivity contribution in [3.05, 3.63) is 53.6 Å². The number of alkyl halides is 2. The van der Waals surface area contributed by atoms with Crippen LogP contribution in [0.3, 0.4) is 0 Å². The molecule has 0 N–H and O–H groups in total. The molecule has 5 heteroatoms. The van der Waals surface area contributed by atoms with Gasteiger partial charge in [-0.1, -0.05) is 57.2 Å². The molecular weight excluding hydrogens is 428 g/mol. The van der Waals surface area contributed by atoms with E-state index in [4.69, 9.17) is 0 Å². The lowest BCUT2D eigenvalue weighted by atomic mass is 9.63. The van der Waals surface area contributed by atoms with Gasteiger partial charge < -0.3 is 4.74 Å². The normalized spacial score (nSPS) is 25.2. The van der Waals surface area contributed by atoms with E-state index in [1.165, 1.54) is 57.4 Å². The summed E-state index contributed by atoms with van der Waals surface area (Å²) in [5.74, 6) is 0.945. The molecule has 1 nitrogen and oxygen atoms in total. The van der Waals surface area contributed by atoms with E-state index in [1.54, 1.807) is 12.1 Å². The predicted molar refractivity (Wildman–Crippen MR) is 123 cm³/mol. The van der Waals surface area contributed by atoms with E-state index in [0.29, 0.717) is 11.5 Å². The van der Waals surface area contributed by atoms with E-state index in [-0.39, 0.29) is 5.56 Å². The lowest BCUT2D eigenvalue weighted by Crippen LogP contribution is -2.30. The molecule has 2 aromatic rings. The molecule has 2 fully saturated rings. The van der Waals surface area contributed by atoms with Gasteiger partial charge in [-0.2, -0.15) is 8.78 Å². The van der Waals surface area contributed by atoms with Gasteiger partial charge in [-0.05, 0) is 85.1 Å². The monoisotopic (exact) mass is 462 g/mol. The van der Waals surface area contributed by atoms with Crippen molar-refractivity contribution >= 4 is 0 Å². The summed E-state index contributed by atoms with van der Waals surface area (Å²) in [7, 11) is 0. The minimum absolute atomic E-state index is 0.266. The van der Waals surface area contributed by atoms with Gasteiger partial charge in [0.25, 0.3) is 0 Å². The van der Waals surface area contributed by atoms with Crippen molar-refractivity contribution in [2.75, 3.05) is 0 Å². The van der Waals surface area contributed by atoms with Gasteiger partial charge >= 0.3 is 6.61 Å². The summed E-state index contributed by atoms with van der Waals surface area (Å²) >= 11 is 0. The highest BCUT2D eigenvalue weighted by Gasteiger charge is 2.36. The number of benzene rings is 2. The van der Waals surface area contributed by atoms with Crippen molar-refractivity contribution in [2.24, 2.45) is 17.8 Å². The average Bonchev–Trinajstić information content (AvgIpc) is 2.80. The zero-order valence-corrected chi connectivity index (χ0v) is 19.3. The molecule has 4 unspecified atom stereocenters. The average molecular weight is 463 g/mol. The Morgan fingerprint density at radius 3 is 2.39 bits per heavy atom. The third-order valence-corrected chi connectivity index (χ3v) is 7.86. The van der Waals surface area contributed by atoms with Crippen LogP contribution < -0.4 is 4.74 Å². The van der Waals surface area contributed by atoms with Crippen molar-refractivity contribution in [3.63, 3.8) is 0 Å². The van der Waals surface area contributed by atoms with Gasteiger partial charge in [0.2, 0.25) is 0 Å². The maximum atomic E-state index is 15.0. The molecule has 2 saturated carbocycles. The van der Waals surface area contributed by atoms with Crippen LogP contribution in [0.1, 0.15) is 82.6 Å². The van der Waals surface area contributed by atoms with Crippen molar-refractivity contribution in [2.45, 2.75) is 83.7 Å². The summed E-state index contributed by atoms with van der Waals surface area (Å²) in [6.45, 7) is -0.847. The molecule has 0 radical (unpaired) electrons. The summed E-state index contributed by atoms with van der Waals surface area (Å²) < 4.78 is 57.9. The fourth-order valence-corrected chi connectivity index (χ4v) is 6.11. The number of hydrogen-bond donors (Lipinski definition) is 0.